The lowest BCUT2D eigenvalue weighted by atomic mass is 10.1. The molecule has 0 bridgehead atoms. The average Bonchev–Trinajstić information content (AvgIpc) is 2.35. The van der Waals surface area contributed by atoms with Crippen molar-refractivity contribution in [2.75, 3.05) is 20.1 Å². The van der Waals surface area contributed by atoms with E-state index >= 15 is 0 Å². The van der Waals surface area contributed by atoms with Gasteiger partial charge in [-0.2, -0.15) is 0 Å². The van der Waals surface area contributed by atoms with Crippen LogP contribution in [0.1, 0.15) is 25.0 Å². The standard InChI is InChI=1S/C15H25N3.HI/c1-12(2)11-18-15(16-4)17-10-9-14-7-5-13(3)6-8-14;/h5-8,12H,9-11H2,1-4H3,(H2,16,17,18);1H. The second-order valence-electron chi connectivity index (χ2n) is 5.01. The van der Waals surface area contributed by atoms with E-state index in [1.165, 1.54) is 11.1 Å². The first-order valence-electron chi connectivity index (χ1n) is 6.62. The maximum atomic E-state index is 4.20. The number of aliphatic imine (C=N–C) groups is 1. The van der Waals surface area contributed by atoms with Crippen LogP contribution in [0.25, 0.3) is 0 Å². The predicted octanol–water partition coefficient (Wildman–Crippen LogP) is 2.98. The molecule has 4 heteroatoms. The Morgan fingerprint density at radius 2 is 1.79 bits per heavy atom. The molecule has 0 fully saturated rings. The van der Waals surface area contributed by atoms with Crippen LogP contribution in [0.3, 0.4) is 0 Å². The Balaban J connectivity index is 0.00000324. The third-order valence-corrected chi connectivity index (χ3v) is 2.73. The predicted molar refractivity (Wildman–Crippen MR) is 94.5 cm³/mol. The summed E-state index contributed by atoms with van der Waals surface area (Å²) >= 11 is 0. The van der Waals surface area contributed by atoms with Crippen molar-refractivity contribution in [2.45, 2.75) is 27.2 Å². The van der Waals surface area contributed by atoms with Gasteiger partial charge < -0.3 is 10.6 Å². The summed E-state index contributed by atoms with van der Waals surface area (Å²) in [6, 6.07) is 8.67. The van der Waals surface area contributed by atoms with E-state index < -0.39 is 0 Å². The first kappa shape index (κ1) is 18.2. The van der Waals surface area contributed by atoms with E-state index in [0.717, 1.165) is 25.5 Å². The van der Waals surface area contributed by atoms with Crippen molar-refractivity contribution < 1.29 is 0 Å². The highest BCUT2D eigenvalue weighted by atomic mass is 127. The number of halogens is 1. The highest BCUT2D eigenvalue weighted by Crippen LogP contribution is 2.02. The maximum absolute atomic E-state index is 4.20. The molecule has 0 aliphatic carbocycles. The third-order valence-electron chi connectivity index (χ3n) is 2.73. The molecule has 1 aromatic rings. The van der Waals surface area contributed by atoms with E-state index in [1.807, 2.05) is 7.05 Å². The summed E-state index contributed by atoms with van der Waals surface area (Å²) in [5.41, 5.74) is 2.66. The Hall–Kier alpha value is -0.780. The zero-order valence-corrected chi connectivity index (χ0v) is 14.7. The molecule has 0 aromatic heterocycles. The van der Waals surface area contributed by atoms with Crippen LogP contribution in [0, 0.1) is 12.8 Å². The van der Waals surface area contributed by atoms with Crippen LogP contribution in [0.4, 0.5) is 0 Å². The van der Waals surface area contributed by atoms with E-state index in [2.05, 4.69) is 60.7 Å². The van der Waals surface area contributed by atoms with Crippen LogP contribution in [-0.2, 0) is 6.42 Å². The second kappa shape index (κ2) is 10.1. The zero-order valence-electron chi connectivity index (χ0n) is 12.4. The molecule has 0 aliphatic heterocycles. The Morgan fingerprint density at radius 1 is 1.16 bits per heavy atom. The highest BCUT2D eigenvalue weighted by molar-refractivity contribution is 14.0. The lowest BCUT2D eigenvalue weighted by Crippen LogP contribution is -2.39. The highest BCUT2D eigenvalue weighted by Gasteiger charge is 1.99. The Bertz CT molecular complexity index is 371. The number of rotatable bonds is 5. The number of guanidine groups is 1. The Kier molecular flexibility index (Phi) is 9.65. The van der Waals surface area contributed by atoms with Gasteiger partial charge in [0, 0.05) is 20.1 Å². The van der Waals surface area contributed by atoms with Crippen molar-refractivity contribution in [1.82, 2.24) is 10.6 Å². The van der Waals surface area contributed by atoms with Gasteiger partial charge in [-0.05, 0) is 24.8 Å². The quantitative estimate of drug-likeness (QED) is 0.472. The van der Waals surface area contributed by atoms with Gasteiger partial charge >= 0.3 is 0 Å². The molecule has 108 valence electrons. The van der Waals surface area contributed by atoms with Crippen molar-refractivity contribution in [1.29, 1.82) is 0 Å². The van der Waals surface area contributed by atoms with Gasteiger partial charge in [-0.1, -0.05) is 43.7 Å². The number of nitrogens with one attached hydrogen (secondary N) is 2. The van der Waals surface area contributed by atoms with E-state index in [9.17, 15) is 0 Å². The summed E-state index contributed by atoms with van der Waals surface area (Å²) in [6.45, 7) is 8.34. The minimum absolute atomic E-state index is 0. The van der Waals surface area contributed by atoms with Gasteiger partial charge in [0.2, 0.25) is 0 Å². The van der Waals surface area contributed by atoms with Gasteiger partial charge in [0.1, 0.15) is 0 Å². The summed E-state index contributed by atoms with van der Waals surface area (Å²) in [4.78, 5) is 4.20. The van der Waals surface area contributed by atoms with Crippen LogP contribution in [0.5, 0.6) is 0 Å². The molecular formula is C15H26IN3. The average molecular weight is 375 g/mol. The molecule has 0 aliphatic rings. The molecule has 0 atom stereocenters. The van der Waals surface area contributed by atoms with Gasteiger partial charge in [0.15, 0.2) is 5.96 Å². The van der Waals surface area contributed by atoms with Crippen molar-refractivity contribution in [3.63, 3.8) is 0 Å². The van der Waals surface area contributed by atoms with Crippen LogP contribution in [0.15, 0.2) is 29.3 Å². The lowest BCUT2D eigenvalue weighted by molar-refractivity contribution is 0.614. The molecule has 0 heterocycles. The summed E-state index contributed by atoms with van der Waals surface area (Å²) in [6.07, 6.45) is 1.02. The minimum atomic E-state index is 0. The summed E-state index contributed by atoms with van der Waals surface area (Å²) in [5, 5.41) is 6.63. The van der Waals surface area contributed by atoms with Crippen LogP contribution >= 0.6 is 24.0 Å². The molecule has 2 N–H and O–H groups in total. The number of nitrogens with zero attached hydrogens (tertiary/aromatic N) is 1. The molecule has 3 nitrogen and oxygen atoms in total. The van der Waals surface area contributed by atoms with Gasteiger partial charge in [-0.25, -0.2) is 0 Å². The molecule has 0 spiro atoms. The first-order chi connectivity index (χ1) is 8.61. The van der Waals surface area contributed by atoms with E-state index in [4.69, 9.17) is 0 Å². The first-order valence-corrected chi connectivity index (χ1v) is 6.62. The summed E-state index contributed by atoms with van der Waals surface area (Å²) in [7, 11) is 1.81. The Morgan fingerprint density at radius 3 is 2.32 bits per heavy atom. The van der Waals surface area contributed by atoms with Crippen molar-refractivity contribution >= 4 is 29.9 Å². The van der Waals surface area contributed by atoms with Crippen LogP contribution < -0.4 is 10.6 Å². The topological polar surface area (TPSA) is 36.4 Å². The third kappa shape index (κ3) is 8.08. The fraction of sp³-hybridized carbons (Fsp3) is 0.533. The van der Waals surface area contributed by atoms with Crippen LogP contribution in [-0.4, -0.2) is 26.1 Å². The molecule has 0 unspecified atom stereocenters. The molecule has 19 heavy (non-hydrogen) atoms. The molecule has 0 radical (unpaired) electrons. The number of aryl methyl sites for hydroxylation is 1. The monoisotopic (exact) mass is 375 g/mol. The number of hydrogen-bond acceptors (Lipinski definition) is 1. The van der Waals surface area contributed by atoms with Crippen molar-refractivity contribution in [3.8, 4) is 0 Å². The van der Waals surface area contributed by atoms with Gasteiger partial charge in [-0.3, -0.25) is 4.99 Å². The lowest BCUT2D eigenvalue weighted by Gasteiger charge is -2.13. The Labute approximate surface area is 134 Å². The molecule has 0 saturated heterocycles. The second-order valence-corrected chi connectivity index (χ2v) is 5.01. The summed E-state index contributed by atoms with van der Waals surface area (Å²) < 4.78 is 0. The molecule has 0 amide bonds. The number of benzene rings is 1. The van der Waals surface area contributed by atoms with Gasteiger partial charge in [0.25, 0.3) is 0 Å². The van der Waals surface area contributed by atoms with Gasteiger partial charge in [0.05, 0.1) is 0 Å². The van der Waals surface area contributed by atoms with Gasteiger partial charge in [-0.15, -0.1) is 24.0 Å². The van der Waals surface area contributed by atoms with Crippen molar-refractivity contribution in [3.05, 3.63) is 35.4 Å². The fourth-order valence-corrected chi connectivity index (χ4v) is 1.60. The summed E-state index contributed by atoms with van der Waals surface area (Å²) in [5.74, 6) is 1.51. The van der Waals surface area contributed by atoms with Crippen molar-refractivity contribution in [2.24, 2.45) is 10.9 Å². The SMILES string of the molecule is CN=C(NCCc1ccc(C)cc1)NCC(C)C.I. The number of hydrogen-bond donors (Lipinski definition) is 2. The smallest absolute Gasteiger partial charge is 0.190 e. The molecule has 1 rings (SSSR count). The van der Waals surface area contributed by atoms with E-state index in [-0.39, 0.29) is 24.0 Å². The fourth-order valence-electron chi connectivity index (χ4n) is 1.60. The molecule has 1 aromatic carbocycles. The molecular weight excluding hydrogens is 349 g/mol. The zero-order chi connectivity index (χ0) is 13.4. The van der Waals surface area contributed by atoms with Crippen LogP contribution in [0.2, 0.25) is 0 Å². The molecule has 0 saturated carbocycles. The maximum Gasteiger partial charge on any atom is 0.190 e. The normalized spacial score (nSPS) is 11.1. The van der Waals surface area contributed by atoms with E-state index in [1.54, 1.807) is 0 Å². The van der Waals surface area contributed by atoms with E-state index in [0.29, 0.717) is 5.92 Å². The largest absolute Gasteiger partial charge is 0.356 e. The minimum Gasteiger partial charge on any atom is -0.356 e.